The second-order valence-corrected chi connectivity index (χ2v) is 3.67. The standard InChI is InChI=1S/C13H15NO2/c1-3-10(2)12(15)9-16-13-7-5-4-6-11(13)8-14/h4-7,10H,3,9H2,1-2H3. The van der Waals surface area contributed by atoms with E-state index >= 15 is 0 Å². The Labute approximate surface area is 95.7 Å². The molecule has 1 aromatic rings. The van der Waals surface area contributed by atoms with E-state index in [9.17, 15) is 4.79 Å². The van der Waals surface area contributed by atoms with Gasteiger partial charge in [0.1, 0.15) is 18.4 Å². The van der Waals surface area contributed by atoms with E-state index in [0.29, 0.717) is 11.3 Å². The third-order valence-corrected chi connectivity index (χ3v) is 2.54. The van der Waals surface area contributed by atoms with Crippen LogP contribution in [-0.4, -0.2) is 12.4 Å². The van der Waals surface area contributed by atoms with E-state index in [-0.39, 0.29) is 18.3 Å². The molecule has 84 valence electrons. The molecule has 0 aliphatic heterocycles. The zero-order valence-electron chi connectivity index (χ0n) is 9.56. The summed E-state index contributed by atoms with van der Waals surface area (Å²) in [5.74, 6) is 0.547. The van der Waals surface area contributed by atoms with Crippen molar-refractivity contribution in [2.75, 3.05) is 6.61 Å². The maximum absolute atomic E-state index is 11.5. The summed E-state index contributed by atoms with van der Waals surface area (Å²) in [5, 5.41) is 8.82. The quantitative estimate of drug-likeness (QED) is 0.761. The molecule has 3 nitrogen and oxygen atoms in total. The monoisotopic (exact) mass is 217 g/mol. The van der Waals surface area contributed by atoms with Crippen LogP contribution < -0.4 is 4.74 Å². The van der Waals surface area contributed by atoms with Gasteiger partial charge in [0.25, 0.3) is 0 Å². The fraction of sp³-hybridized carbons (Fsp3) is 0.385. The van der Waals surface area contributed by atoms with Gasteiger partial charge in [-0.3, -0.25) is 4.79 Å². The zero-order valence-corrected chi connectivity index (χ0v) is 9.56. The van der Waals surface area contributed by atoms with Gasteiger partial charge < -0.3 is 4.74 Å². The van der Waals surface area contributed by atoms with Gasteiger partial charge >= 0.3 is 0 Å². The Hall–Kier alpha value is -1.82. The lowest BCUT2D eigenvalue weighted by Crippen LogP contribution is -2.18. The average Bonchev–Trinajstić information content (AvgIpc) is 2.35. The normalized spacial score (nSPS) is 11.6. The molecule has 0 amide bonds. The van der Waals surface area contributed by atoms with Crippen molar-refractivity contribution in [3.63, 3.8) is 0 Å². The summed E-state index contributed by atoms with van der Waals surface area (Å²) in [4.78, 5) is 11.5. The fourth-order valence-electron chi connectivity index (χ4n) is 1.20. The molecule has 0 aromatic heterocycles. The van der Waals surface area contributed by atoms with Crippen LogP contribution in [0.25, 0.3) is 0 Å². The topological polar surface area (TPSA) is 50.1 Å². The Balaban J connectivity index is 2.62. The first-order valence-corrected chi connectivity index (χ1v) is 5.33. The van der Waals surface area contributed by atoms with E-state index in [1.54, 1.807) is 24.3 Å². The van der Waals surface area contributed by atoms with Crippen LogP contribution in [0.5, 0.6) is 5.75 Å². The van der Waals surface area contributed by atoms with Crippen molar-refractivity contribution in [3.05, 3.63) is 29.8 Å². The maximum Gasteiger partial charge on any atom is 0.172 e. The number of ketones is 1. The lowest BCUT2D eigenvalue weighted by Gasteiger charge is -2.09. The van der Waals surface area contributed by atoms with Crippen LogP contribution in [-0.2, 0) is 4.79 Å². The second kappa shape index (κ2) is 5.92. The third-order valence-electron chi connectivity index (χ3n) is 2.54. The van der Waals surface area contributed by atoms with Gasteiger partial charge in [-0.25, -0.2) is 0 Å². The van der Waals surface area contributed by atoms with Gasteiger partial charge in [0.2, 0.25) is 0 Å². The Morgan fingerprint density at radius 2 is 2.19 bits per heavy atom. The van der Waals surface area contributed by atoms with Gasteiger partial charge in [-0.1, -0.05) is 26.0 Å². The third kappa shape index (κ3) is 3.09. The van der Waals surface area contributed by atoms with Crippen molar-refractivity contribution in [2.45, 2.75) is 20.3 Å². The highest BCUT2D eigenvalue weighted by atomic mass is 16.5. The molecule has 0 N–H and O–H groups in total. The number of hydrogen-bond acceptors (Lipinski definition) is 3. The second-order valence-electron chi connectivity index (χ2n) is 3.67. The van der Waals surface area contributed by atoms with E-state index in [1.165, 1.54) is 0 Å². The van der Waals surface area contributed by atoms with Crippen LogP contribution in [0.2, 0.25) is 0 Å². The lowest BCUT2D eigenvalue weighted by atomic mass is 10.0. The minimum Gasteiger partial charge on any atom is -0.484 e. The molecule has 0 aliphatic rings. The molecule has 0 spiro atoms. The molecule has 1 unspecified atom stereocenters. The largest absolute Gasteiger partial charge is 0.484 e. The highest BCUT2D eigenvalue weighted by molar-refractivity contribution is 5.82. The SMILES string of the molecule is CCC(C)C(=O)COc1ccccc1C#N. The number of nitrogens with zero attached hydrogens (tertiary/aromatic N) is 1. The summed E-state index contributed by atoms with van der Waals surface area (Å²) in [6.07, 6.45) is 0.808. The van der Waals surface area contributed by atoms with Crippen molar-refractivity contribution in [3.8, 4) is 11.8 Å². The molecule has 3 heteroatoms. The van der Waals surface area contributed by atoms with Crippen molar-refractivity contribution in [1.82, 2.24) is 0 Å². The molecule has 16 heavy (non-hydrogen) atoms. The number of nitriles is 1. The molecule has 1 atom stereocenters. The van der Waals surface area contributed by atoms with Crippen molar-refractivity contribution in [2.24, 2.45) is 5.92 Å². The molecule has 0 saturated carbocycles. The summed E-state index contributed by atoms with van der Waals surface area (Å²) in [6.45, 7) is 3.88. The summed E-state index contributed by atoms with van der Waals surface area (Å²) in [5.41, 5.74) is 0.458. The van der Waals surface area contributed by atoms with E-state index in [1.807, 2.05) is 19.9 Å². The van der Waals surface area contributed by atoms with E-state index in [4.69, 9.17) is 10.00 Å². The molecule has 1 rings (SSSR count). The molecule has 0 fully saturated rings. The van der Waals surface area contributed by atoms with Crippen molar-refractivity contribution < 1.29 is 9.53 Å². The van der Waals surface area contributed by atoms with Crippen LogP contribution in [0, 0.1) is 17.2 Å². The van der Waals surface area contributed by atoms with E-state index < -0.39 is 0 Å². The van der Waals surface area contributed by atoms with Gasteiger partial charge in [-0.15, -0.1) is 0 Å². The van der Waals surface area contributed by atoms with Crippen LogP contribution in [0.4, 0.5) is 0 Å². The van der Waals surface area contributed by atoms with Gasteiger partial charge in [0, 0.05) is 5.92 Å². The number of rotatable bonds is 5. The Bertz CT molecular complexity index is 407. The number of carbonyl (C=O) groups excluding carboxylic acids is 1. The number of hydrogen-bond donors (Lipinski definition) is 0. The molecule has 0 bridgehead atoms. The number of carbonyl (C=O) groups is 1. The number of Topliss-reactive ketones (excluding diaryl/α,β-unsaturated/α-hetero) is 1. The Morgan fingerprint density at radius 1 is 1.50 bits per heavy atom. The smallest absolute Gasteiger partial charge is 0.172 e. The Morgan fingerprint density at radius 3 is 2.81 bits per heavy atom. The number of para-hydroxylation sites is 1. The Kier molecular flexibility index (Phi) is 4.53. The summed E-state index contributed by atoms with van der Waals surface area (Å²) >= 11 is 0. The van der Waals surface area contributed by atoms with Gasteiger partial charge in [-0.05, 0) is 18.6 Å². The van der Waals surface area contributed by atoms with Gasteiger partial charge in [-0.2, -0.15) is 5.26 Å². The molecule has 0 heterocycles. The fourth-order valence-corrected chi connectivity index (χ4v) is 1.20. The van der Waals surface area contributed by atoms with Crippen LogP contribution in [0.15, 0.2) is 24.3 Å². The first kappa shape index (κ1) is 12.3. The first-order chi connectivity index (χ1) is 7.69. The summed E-state index contributed by atoms with van der Waals surface area (Å²) in [7, 11) is 0. The highest BCUT2D eigenvalue weighted by Crippen LogP contribution is 2.16. The predicted octanol–water partition coefficient (Wildman–Crippen LogP) is 2.55. The van der Waals surface area contributed by atoms with Crippen molar-refractivity contribution in [1.29, 1.82) is 5.26 Å². The molecule has 0 aliphatic carbocycles. The van der Waals surface area contributed by atoms with Crippen LogP contribution in [0.1, 0.15) is 25.8 Å². The number of benzene rings is 1. The zero-order chi connectivity index (χ0) is 12.0. The molecule has 1 aromatic carbocycles. The summed E-state index contributed by atoms with van der Waals surface area (Å²) in [6, 6.07) is 8.94. The lowest BCUT2D eigenvalue weighted by molar-refractivity contribution is -0.124. The van der Waals surface area contributed by atoms with Crippen molar-refractivity contribution >= 4 is 5.78 Å². The first-order valence-electron chi connectivity index (χ1n) is 5.33. The van der Waals surface area contributed by atoms with E-state index in [2.05, 4.69) is 0 Å². The average molecular weight is 217 g/mol. The van der Waals surface area contributed by atoms with Crippen LogP contribution >= 0.6 is 0 Å². The molecule has 0 radical (unpaired) electrons. The molecular formula is C13H15NO2. The highest BCUT2D eigenvalue weighted by Gasteiger charge is 2.12. The summed E-state index contributed by atoms with van der Waals surface area (Å²) < 4.78 is 5.34. The van der Waals surface area contributed by atoms with Crippen LogP contribution in [0.3, 0.4) is 0 Å². The van der Waals surface area contributed by atoms with Gasteiger partial charge in [0.05, 0.1) is 5.56 Å². The molecular weight excluding hydrogens is 202 g/mol. The van der Waals surface area contributed by atoms with E-state index in [0.717, 1.165) is 6.42 Å². The minimum absolute atomic E-state index is 0.00856. The molecule has 0 saturated heterocycles. The predicted molar refractivity (Wildman–Crippen MR) is 61.1 cm³/mol. The minimum atomic E-state index is 0.00856. The number of ether oxygens (including phenoxy) is 1. The maximum atomic E-state index is 11.5. The van der Waals surface area contributed by atoms with Gasteiger partial charge in [0.15, 0.2) is 5.78 Å².